The number of nitrogens with one attached hydrogen (secondary N) is 3. The van der Waals surface area contributed by atoms with Crippen LogP contribution in [0.25, 0.3) is 10.9 Å². The van der Waals surface area contributed by atoms with E-state index in [1.807, 2.05) is 32.9 Å². The average molecular weight is 514 g/mol. The van der Waals surface area contributed by atoms with Gasteiger partial charge >= 0.3 is 0 Å². The molecule has 2 aliphatic rings. The Morgan fingerprint density at radius 2 is 2.03 bits per heavy atom. The van der Waals surface area contributed by atoms with E-state index in [1.165, 1.54) is 4.90 Å². The van der Waals surface area contributed by atoms with Crippen LogP contribution in [0.2, 0.25) is 0 Å². The Morgan fingerprint density at radius 3 is 2.65 bits per heavy atom. The number of carbonyl (C=O) groups excluding carboxylic acids is 4. The maximum atomic E-state index is 13.7. The van der Waals surface area contributed by atoms with E-state index in [0.717, 1.165) is 10.9 Å². The van der Waals surface area contributed by atoms with Crippen molar-refractivity contribution < 1.29 is 28.7 Å². The SMILES string of the molecule is COc1cccc2[nH]c(C(=O)N3C[C@H](OC(C)(C)C)C[C@H]3C(=O)NC(CC3CCNC3=O)C(N)=O)cc12. The number of amides is 4. The van der Waals surface area contributed by atoms with Crippen LogP contribution in [0, 0.1) is 5.92 Å². The summed E-state index contributed by atoms with van der Waals surface area (Å²) < 4.78 is 11.5. The van der Waals surface area contributed by atoms with Crippen LogP contribution < -0.4 is 21.1 Å². The average Bonchev–Trinajstić information content (AvgIpc) is 3.55. The molecule has 0 aliphatic carbocycles. The highest BCUT2D eigenvalue weighted by Crippen LogP contribution is 2.30. The monoisotopic (exact) mass is 513 g/mol. The molecule has 4 amide bonds. The molecule has 4 atom stereocenters. The van der Waals surface area contributed by atoms with Gasteiger partial charge in [0.2, 0.25) is 17.7 Å². The molecule has 2 fully saturated rings. The number of nitrogens with two attached hydrogens (primary N) is 1. The fraction of sp³-hybridized carbons (Fsp3) is 0.538. The molecular formula is C26H35N5O6. The normalized spacial score (nSPS) is 22.6. The molecule has 5 N–H and O–H groups in total. The number of hydrogen-bond acceptors (Lipinski definition) is 6. The molecule has 1 aromatic heterocycles. The first kappa shape index (κ1) is 26.5. The third-order valence-corrected chi connectivity index (χ3v) is 6.76. The Balaban J connectivity index is 1.57. The lowest BCUT2D eigenvalue weighted by Gasteiger charge is -2.26. The zero-order valence-corrected chi connectivity index (χ0v) is 21.6. The highest BCUT2D eigenvalue weighted by molar-refractivity contribution is 6.02. The van der Waals surface area contributed by atoms with Crippen molar-refractivity contribution in [1.29, 1.82) is 0 Å². The second-order valence-electron chi connectivity index (χ2n) is 10.6. The van der Waals surface area contributed by atoms with E-state index in [-0.39, 0.29) is 37.3 Å². The number of aromatic amines is 1. The molecule has 2 aliphatic heterocycles. The molecule has 0 radical (unpaired) electrons. The second kappa shape index (κ2) is 10.4. The van der Waals surface area contributed by atoms with Crippen molar-refractivity contribution in [3.05, 3.63) is 30.0 Å². The Bertz CT molecular complexity index is 1200. The molecule has 1 aromatic carbocycles. The fourth-order valence-corrected chi connectivity index (χ4v) is 5.10. The Kier molecular flexibility index (Phi) is 7.44. The summed E-state index contributed by atoms with van der Waals surface area (Å²) in [6.45, 7) is 6.45. The summed E-state index contributed by atoms with van der Waals surface area (Å²) in [6.07, 6.45) is 0.550. The first-order chi connectivity index (χ1) is 17.5. The molecule has 2 saturated heterocycles. The van der Waals surface area contributed by atoms with Gasteiger partial charge in [-0.1, -0.05) is 6.07 Å². The van der Waals surface area contributed by atoms with Crippen LogP contribution in [0.1, 0.15) is 50.5 Å². The summed E-state index contributed by atoms with van der Waals surface area (Å²) in [7, 11) is 1.56. The van der Waals surface area contributed by atoms with E-state index in [4.69, 9.17) is 15.2 Å². The zero-order valence-electron chi connectivity index (χ0n) is 21.6. The van der Waals surface area contributed by atoms with E-state index in [2.05, 4.69) is 15.6 Å². The second-order valence-corrected chi connectivity index (χ2v) is 10.6. The van der Waals surface area contributed by atoms with E-state index >= 15 is 0 Å². The highest BCUT2D eigenvalue weighted by Gasteiger charge is 2.43. The fourth-order valence-electron chi connectivity index (χ4n) is 5.10. The van der Waals surface area contributed by atoms with Crippen LogP contribution in [-0.4, -0.2) is 77.5 Å². The largest absolute Gasteiger partial charge is 0.496 e. The number of primary amides is 1. The molecule has 2 unspecified atom stereocenters. The van der Waals surface area contributed by atoms with Crippen molar-refractivity contribution in [3.8, 4) is 5.75 Å². The van der Waals surface area contributed by atoms with E-state index in [9.17, 15) is 19.2 Å². The quantitative estimate of drug-likeness (QED) is 0.414. The summed E-state index contributed by atoms with van der Waals surface area (Å²) in [5.41, 5.74) is 6.12. The number of ether oxygens (including phenoxy) is 2. The molecule has 11 nitrogen and oxygen atoms in total. The standard InChI is InChI=1S/C26H35N5O6/c1-26(2,3)37-15-11-20(24(34)30-18(22(27)32)10-14-8-9-28-23(14)33)31(13-15)25(35)19-12-16-17(29-19)6-5-7-21(16)36-4/h5-7,12,14-15,18,20,29H,8-11,13H2,1-4H3,(H2,27,32)(H,28,33)(H,30,34)/t14?,15-,18?,20+/m1/s1. The number of carbonyl (C=O) groups is 4. The third kappa shape index (κ3) is 5.87. The number of nitrogens with zero attached hydrogens (tertiary/aromatic N) is 1. The number of likely N-dealkylation sites (tertiary alicyclic amines) is 1. The Labute approximate surface area is 215 Å². The third-order valence-electron chi connectivity index (χ3n) is 6.76. The summed E-state index contributed by atoms with van der Waals surface area (Å²) in [5.74, 6) is -1.55. The smallest absolute Gasteiger partial charge is 0.271 e. The highest BCUT2D eigenvalue weighted by atomic mass is 16.5. The van der Waals surface area contributed by atoms with Gasteiger partial charge in [0.25, 0.3) is 5.91 Å². The van der Waals surface area contributed by atoms with Gasteiger partial charge in [-0.3, -0.25) is 19.2 Å². The van der Waals surface area contributed by atoms with Crippen molar-refractivity contribution in [3.63, 3.8) is 0 Å². The summed E-state index contributed by atoms with van der Waals surface area (Å²) in [5, 5.41) is 6.17. The molecule has 0 saturated carbocycles. The summed E-state index contributed by atoms with van der Waals surface area (Å²) in [6, 6.07) is 5.25. The van der Waals surface area contributed by atoms with Gasteiger partial charge in [0, 0.05) is 36.3 Å². The van der Waals surface area contributed by atoms with Crippen LogP contribution in [0.5, 0.6) is 5.75 Å². The first-order valence-corrected chi connectivity index (χ1v) is 12.5. The molecule has 4 rings (SSSR count). The maximum absolute atomic E-state index is 13.7. The van der Waals surface area contributed by atoms with Crippen molar-refractivity contribution in [2.45, 2.75) is 63.8 Å². The van der Waals surface area contributed by atoms with Crippen LogP contribution >= 0.6 is 0 Å². The van der Waals surface area contributed by atoms with Gasteiger partial charge in [0.1, 0.15) is 23.5 Å². The van der Waals surface area contributed by atoms with Gasteiger partial charge in [-0.2, -0.15) is 0 Å². The molecule has 0 bridgehead atoms. The number of aromatic nitrogens is 1. The zero-order chi connectivity index (χ0) is 26.9. The number of hydrogen-bond donors (Lipinski definition) is 4. The maximum Gasteiger partial charge on any atom is 0.271 e. The molecule has 11 heteroatoms. The van der Waals surface area contributed by atoms with Gasteiger partial charge in [-0.05, 0) is 51.8 Å². The lowest BCUT2D eigenvalue weighted by Crippen LogP contribution is -2.53. The number of methoxy groups -OCH3 is 1. The first-order valence-electron chi connectivity index (χ1n) is 12.5. The minimum atomic E-state index is -1.03. The molecular weight excluding hydrogens is 478 g/mol. The van der Waals surface area contributed by atoms with Crippen molar-refractivity contribution in [1.82, 2.24) is 20.5 Å². The van der Waals surface area contributed by atoms with E-state index < -0.39 is 35.4 Å². The Morgan fingerprint density at radius 1 is 1.27 bits per heavy atom. The van der Waals surface area contributed by atoms with Crippen LogP contribution in [-0.2, 0) is 19.1 Å². The molecule has 200 valence electrons. The lowest BCUT2D eigenvalue weighted by molar-refractivity contribution is -0.131. The predicted molar refractivity (Wildman–Crippen MR) is 136 cm³/mol. The van der Waals surface area contributed by atoms with Crippen molar-refractivity contribution >= 4 is 34.5 Å². The van der Waals surface area contributed by atoms with Crippen molar-refractivity contribution in [2.75, 3.05) is 20.2 Å². The van der Waals surface area contributed by atoms with Gasteiger partial charge in [-0.25, -0.2) is 0 Å². The minimum absolute atomic E-state index is 0.108. The number of H-pyrrole nitrogens is 1. The Hall–Kier alpha value is -3.60. The van der Waals surface area contributed by atoms with Gasteiger partial charge in [0.15, 0.2) is 0 Å². The van der Waals surface area contributed by atoms with E-state index in [1.54, 1.807) is 19.2 Å². The minimum Gasteiger partial charge on any atom is -0.496 e. The summed E-state index contributed by atoms with van der Waals surface area (Å²) in [4.78, 5) is 55.8. The van der Waals surface area contributed by atoms with Gasteiger partial charge < -0.3 is 35.7 Å². The van der Waals surface area contributed by atoms with Crippen LogP contribution in [0.3, 0.4) is 0 Å². The molecule has 0 spiro atoms. The number of rotatable bonds is 8. The van der Waals surface area contributed by atoms with Crippen molar-refractivity contribution in [2.24, 2.45) is 11.7 Å². The number of fused-ring (bicyclic) bond motifs is 1. The molecule has 37 heavy (non-hydrogen) atoms. The number of benzene rings is 1. The summed E-state index contributed by atoms with van der Waals surface area (Å²) >= 11 is 0. The van der Waals surface area contributed by atoms with Crippen LogP contribution in [0.15, 0.2) is 24.3 Å². The van der Waals surface area contributed by atoms with Gasteiger partial charge in [0.05, 0.1) is 18.8 Å². The predicted octanol–water partition coefficient (Wildman–Crippen LogP) is 1.07. The lowest BCUT2D eigenvalue weighted by atomic mass is 9.97. The van der Waals surface area contributed by atoms with Crippen LogP contribution in [0.4, 0.5) is 0 Å². The van der Waals surface area contributed by atoms with E-state index in [0.29, 0.717) is 24.4 Å². The topological polar surface area (TPSA) is 156 Å². The molecule has 3 heterocycles. The van der Waals surface area contributed by atoms with Gasteiger partial charge in [-0.15, -0.1) is 0 Å². The molecule has 2 aromatic rings.